The molecule has 0 bridgehead atoms. The molecule has 2 aliphatic heterocycles. The number of nitrogens with zero attached hydrogens (tertiary/aromatic N) is 2. The van der Waals surface area contributed by atoms with E-state index in [-0.39, 0.29) is 24.3 Å². The second kappa shape index (κ2) is 7.40. The van der Waals surface area contributed by atoms with Crippen LogP contribution in [-0.2, 0) is 16.0 Å². The molecular weight excluding hydrogens is 364 g/mol. The van der Waals surface area contributed by atoms with Crippen molar-refractivity contribution in [2.24, 2.45) is 0 Å². The number of ether oxygens (including phenoxy) is 2. The van der Waals surface area contributed by atoms with E-state index in [1.807, 2.05) is 29.6 Å². The van der Waals surface area contributed by atoms with E-state index < -0.39 is 0 Å². The third-order valence-corrected chi connectivity index (χ3v) is 5.81. The maximum Gasteiger partial charge on any atom is 0.223 e. The Balaban J connectivity index is 1.22. The summed E-state index contributed by atoms with van der Waals surface area (Å²) in [7, 11) is 0. The van der Waals surface area contributed by atoms with E-state index in [9.17, 15) is 0 Å². The van der Waals surface area contributed by atoms with Gasteiger partial charge in [0.2, 0.25) is 5.95 Å². The SMILES string of the molecule is c1coc(CNC2COC3C(Nc4nccc(-c5cccs5)n4)COC23)c1. The number of furan rings is 1. The second-order valence-corrected chi connectivity index (χ2v) is 7.60. The molecule has 8 heteroatoms. The molecule has 0 radical (unpaired) electrons. The molecule has 2 N–H and O–H groups in total. The Morgan fingerprint density at radius 3 is 2.78 bits per heavy atom. The van der Waals surface area contributed by atoms with Crippen molar-refractivity contribution in [3.8, 4) is 10.6 Å². The molecule has 7 nitrogen and oxygen atoms in total. The quantitative estimate of drug-likeness (QED) is 0.676. The van der Waals surface area contributed by atoms with Gasteiger partial charge in [-0.25, -0.2) is 9.97 Å². The van der Waals surface area contributed by atoms with Gasteiger partial charge in [0.1, 0.15) is 18.0 Å². The smallest absolute Gasteiger partial charge is 0.223 e. The lowest BCUT2D eigenvalue weighted by Gasteiger charge is -2.18. The van der Waals surface area contributed by atoms with Crippen LogP contribution in [0.3, 0.4) is 0 Å². The maximum atomic E-state index is 6.01. The van der Waals surface area contributed by atoms with Crippen molar-refractivity contribution < 1.29 is 13.9 Å². The number of hydrogen-bond acceptors (Lipinski definition) is 8. The third kappa shape index (κ3) is 3.49. The Kier molecular flexibility index (Phi) is 4.62. The van der Waals surface area contributed by atoms with E-state index in [0.717, 1.165) is 16.3 Å². The van der Waals surface area contributed by atoms with E-state index in [4.69, 9.17) is 13.9 Å². The van der Waals surface area contributed by atoms with E-state index in [0.29, 0.717) is 25.7 Å². The summed E-state index contributed by atoms with van der Waals surface area (Å²) in [6.07, 6.45) is 3.45. The van der Waals surface area contributed by atoms with Crippen LogP contribution in [0.15, 0.2) is 52.6 Å². The van der Waals surface area contributed by atoms with Crippen LogP contribution in [0.1, 0.15) is 5.76 Å². The van der Waals surface area contributed by atoms with E-state index in [2.05, 4.69) is 26.7 Å². The van der Waals surface area contributed by atoms with Crippen LogP contribution in [0, 0.1) is 0 Å². The number of anilines is 1. The minimum Gasteiger partial charge on any atom is -0.468 e. The lowest BCUT2D eigenvalue weighted by Crippen LogP contribution is -2.41. The molecule has 2 saturated heterocycles. The highest BCUT2D eigenvalue weighted by atomic mass is 32.1. The van der Waals surface area contributed by atoms with Crippen molar-refractivity contribution in [2.45, 2.75) is 30.8 Å². The minimum absolute atomic E-state index is 0.0120. The van der Waals surface area contributed by atoms with Crippen molar-refractivity contribution in [3.63, 3.8) is 0 Å². The Morgan fingerprint density at radius 2 is 1.96 bits per heavy atom. The van der Waals surface area contributed by atoms with Crippen molar-refractivity contribution in [2.75, 3.05) is 18.5 Å². The first-order valence-corrected chi connectivity index (χ1v) is 9.87. The predicted molar refractivity (Wildman–Crippen MR) is 102 cm³/mol. The third-order valence-electron chi connectivity index (χ3n) is 4.92. The average molecular weight is 384 g/mol. The first-order valence-electron chi connectivity index (χ1n) is 8.99. The van der Waals surface area contributed by atoms with Crippen molar-refractivity contribution in [1.29, 1.82) is 0 Å². The summed E-state index contributed by atoms with van der Waals surface area (Å²) < 4.78 is 17.4. The number of aromatic nitrogens is 2. The topological polar surface area (TPSA) is 81.4 Å². The highest BCUT2D eigenvalue weighted by Crippen LogP contribution is 2.29. The van der Waals surface area contributed by atoms with E-state index >= 15 is 0 Å². The molecule has 5 heterocycles. The number of nitrogens with one attached hydrogen (secondary N) is 2. The Hall–Kier alpha value is -2.26. The van der Waals surface area contributed by atoms with Gasteiger partial charge in [0, 0.05) is 6.20 Å². The van der Waals surface area contributed by atoms with Gasteiger partial charge in [-0.2, -0.15) is 0 Å². The molecule has 2 aliphatic rings. The molecule has 0 amide bonds. The molecule has 0 aromatic carbocycles. The first-order chi connectivity index (χ1) is 13.4. The van der Waals surface area contributed by atoms with Crippen LogP contribution in [0.4, 0.5) is 5.95 Å². The molecule has 27 heavy (non-hydrogen) atoms. The predicted octanol–water partition coefficient (Wildman–Crippen LogP) is 2.53. The zero-order valence-corrected chi connectivity index (χ0v) is 15.4. The highest BCUT2D eigenvalue weighted by Gasteiger charge is 2.47. The lowest BCUT2D eigenvalue weighted by atomic mass is 10.1. The molecule has 0 spiro atoms. The molecular formula is C19H20N4O3S. The van der Waals surface area contributed by atoms with Gasteiger partial charge in [-0.05, 0) is 29.6 Å². The van der Waals surface area contributed by atoms with Crippen LogP contribution in [0.5, 0.6) is 0 Å². The minimum atomic E-state index is -0.0203. The number of rotatable bonds is 6. The van der Waals surface area contributed by atoms with Crippen molar-refractivity contribution in [3.05, 3.63) is 53.9 Å². The summed E-state index contributed by atoms with van der Waals surface area (Å²) >= 11 is 1.66. The van der Waals surface area contributed by atoms with E-state index in [1.54, 1.807) is 23.8 Å². The summed E-state index contributed by atoms with van der Waals surface area (Å²) in [5.74, 6) is 1.51. The maximum absolute atomic E-state index is 6.01. The van der Waals surface area contributed by atoms with Gasteiger partial charge in [0.15, 0.2) is 0 Å². The van der Waals surface area contributed by atoms with Crippen LogP contribution in [0.25, 0.3) is 10.6 Å². The summed E-state index contributed by atoms with van der Waals surface area (Å²) in [6, 6.07) is 10.0. The molecule has 2 fully saturated rings. The van der Waals surface area contributed by atoms with Gasteiger partial charge < -0.3 is 24.5 Å². The monoisotopic (exact) mass is 384 g/mol. The van der Waals surface area contributed by atoms with Gasteiger partial charge >= 0.3 is 0 Å². The molecule has 3 aromatic heterocycles. The Bertz CT molecular complexity index is 871. The number of fused-ring (bicyclic) bond motifs is 1. The lowest BCUT2D eigenvalue weighted by molar-refractivity contribution is 0.0673. The number of hydrogen-bond donors (Lipinski definition) is 2. The molecule has 4 atom stereocenters. The van der Waals surface area contributed by atoms with Crippen LogP contribution in [0.2, 0.25) is 0 Å². The van der Waals surface area contributed by atoms with Crippen LogP contribution in [-0.4, -0.2) is 47.5 Å². The fourth-order valence-electron chi connectivity index (χ4n) is 3.60. The zero-order chi connectivity index (χ0) is 18.1. The summed E-state index contributed by atoms with van der Waals surface area (Å²) in [4.78, 5) is 10.1. The van der Waals surface area contributed by atoms with Crippen molar-refractivity contribution in [1.82, 2.24) is 15.3 Å². The fourth-order valence-corrected chi connectivity index (χ4v) is 4.29. The summed E-state index contributed by atoms with van der Waals surface area (Å²) in [6.45, 7) is 1.85. The van der Waals surface area contributed by atoms with Crippen LogP contribution < -0.4 is 10.6 Å². The van der Waals surface area contributed by atoms with Gasteiger partial charge in [0.25, 0.3) is 0 Å². The zero-order valence-electron chi connectivity index (χ0n) is 14.6. The number of thiophene rings is 1. The van der Waals surface area contributed by atoms with Crippen molar-refractivity contribution >= 4 is 17.3 Å². The molecule has 4 unspecified atom stereocenters. The molecule has 140 valence electrons. The average Bonchev–Trinajstić information content (AvgIpc) is 3.47. The largest absolute Gasteiger partial charge is 0.468 e. The van der Waals surface area contributed by atoms with Gasteiger partial charge in [-0.3, -0.25) is 0 Å². The molecule has 5 rings (SSSR count). The van der Waals surface area contributed by atoms with Crippen LogP contribution >= 0.6 is 11.3 Å². The van der Waals surface area contributed by atoms with E-state index in [1.165, 1.54) is 0 Å². The fraction of sp³-hybridized carbons (Fsp3) is 0.368. The highest BCUT2D eigenvalue weighted by molar-refractivity contribution is 7.13. The van der Waals surface area contributed by atoms with Gasteiger partial charge in [0.05, 0.1) is 48.7 Å². The standard InChI is InChI=1S/C19H20N4O3S/c1-3-12(24-7-1)9-21-14-10-25-18-15(11-26-17(14)18)23-19-20-6-5-13(22-19)16-4-2-8-27-16/h1-8,14-15,17-18,21H,9-11H2,(H,20,22,23). The molecule has 0 aliphatic carbocycles. The summed E-state index contributed by atoms with van der Waals surface area (Å²) in [5.41, 5.74) is 0.920. The second-order valence-electron chi connectivity index (χ2n) is 6.66. The Morgan fingerprint density at radius 1 is 1.07 bits per heavy atom. The normalized spacial score (nSPS) is 27.0. The first kappa shape index (κ1) is 16.9. The Labute approximate surface area is 160 Å². The van der Waals surface area contributed by atoms with Gasteiger partial charge in [-0.1, -0.05) is 6.07 Å². The summed E-state index contributed by atoms with van der Waals surface area (Å²) in [5, 5.41) is 8.90. The van der Waals surface area contributed by atoms with Gasteiger partial charge in [-0.15, -0.1) is 11.3 Å². The molecule has 3 aromatic rings. The molecule has 0 saturated carbocycles.